The van der Waals surface area contributed by atoms with Crippen LogP contribution in [0.3, 0.4) is 0 Å². The predicted molar refractivity (Wildman–Crippen MR) is 71.9 cm³/mol. The van der Waals surface area contributed by atoms with Crippen molar-refractivity contribution in [2.75, 3.05) is 11.1 Å². The number of H-pyrrole nitrogens is 1. The number of aromatic amines is 1. The lowest BCUT2D eigenvalue weighted by Gasteiger charge is -2.11. The zero-order valence-electron chi connectivity index (χ0n) is 10.0. The number of nitrogen functional groups attached to an aromatic ring is 1. The molecule has 0 unspecified atom stereocenters. The van der Waals surface area contributed by atoms with Crippen LogP contribution in [-0.2, 0) is 0 Å². The van der Waals surface area contributed by atoms with E-state index in [1.54, 1.807) is 6.07 Å². The Morgan fingerprint density at radius 2 is 2.17 bits per heavy atom. The molecule has 0 bridgehead atoms. The number of anilines is 2. The minimum absolute atomic E-state index is 0.230. The van der Waals surface area contributed by atoms with E-state index < -0.39 is 0 Å². The van der Waals surface area contributed by atoms with E-state index >= 15 is 0 Å². The summed E-state index contributed by atoms with van der Waals surface area (Å²) in [5.41, 5.74) is 8.41. The predicted octanol–water partition coefficient (Wildman–Crippen LogP) is 2.51. The molecular formula is C12H13ClN4O. The summed E-state index contributed by atoms with van der Waals surface area (Å²) in [5, 5.41) is 9.45. The molecule has 2 rings (SSSR count). The van der Waals surface area contributed by atoms with Gasteiger partial charge in [0, 0.05) is 0 Å². The van der Waals surface area contributed by atoms with E-state index in [0.717, 1.165) is 11.1 Å². The van der Waals surface area contributed by atoms with E-state index in [4.69, 9.17) is 17.3 Å². The second kappa shape index (κ2) is 4.70. The Morgan fingerprint density at radius 3 is 2.72 bits per heavy atom. The molecular weight excluding hydrogens is 252 g/mol. The number of benzene rings is 1. The number of halogens is 1. The maximum atomic E-state index is 12.0. The highest BCUT2D eigenvalue weighted by molar-refractivity contribution is 6.34. The summed E-state index contributed by atoms with van der Waals surface area (Å²) in [5.74, 6) is -0.108. The van der Waals surface area contributed by atoms with Crippen molar-refractivity contribution in [3.05, 3.63) is 40.0 Å². The fraction of sp³-hybridized carbons (Fsp3) is 0.167. The summed E-state index contributed by atoms with van der Waals surface area (Å²) in [7, 11) is 0. The topological polar surface area (TPSA) is 83.8 Å². The molecule has 0 radical (unpaired) electrons. The highest BCUT2D eigenvalue weighted by Crippen LogP contribution is 2.28. The van der Waals surface area contributed by atoms with Crippen LogP contribution in [0.4, 0.5) is 11.5 Å². The molecule has 1 aromatic heterocycles. The number of carbonyl (C=O) groups excluding carboxylic acids is 1. The molecule has 1 amide bonds. The standard InChI is InChI=1S/C12H13ClN4O/c1-6-3-7(2)10(9(13)4-6)16-12(18)8-5-15-17-11(8)14/h3-5H,1-2H3,(H,16,18)(H3,14,15,17). The van der Waals surface area contributed by atoms with Crippen LogP contribution in [0.25, 0.3) is 0 Å². The van der Waals surface area contributed by atoms with Gasteiger partial charge in [-0.05, 0) is 31.0 Å². The number of amides is 1. The van der Waals surface area contributed by atoms with Crippen LogP contribution in [0.1, 0.15) is 21.5 Å². The minimum atomic E-state index is -0.338. The Balaban J connectivity index is 2.31. The van der Waals surface area contributed by atoms with E-state index in [1.165, 1.54) is 6.20 Å². The molecule has 6 heteroatoms. The second-order valence-corrected chi connectivity index (χ2v) is 4.50. The van der Waals surface area contributed by atoms with Crippen molar-refractivity contribution >= 4 is 29.0 Å². The van der Waals surface area contributed by atoms with Crippen molar-refractivity contribution in [2.24, 2.45) is 0 Å². The quantitative estimate of drug-likeness (QED) is 0.779. The molecule has 94 valence electrons. The minimum Gasteiger partial charge on any atom is -0.383 e. The van der Waals surface area contributed by atoms with Crippen LogP contribution >= 0.6 is 11.6 Å². The maximum Gasteiger partial charge on any atom is 0.261 e. The molecule has 0 aliphatic heterocycles. The van der Waals surface area contributed by atoms with Crippen molar-refractivity contribution in [2.45, 2.75) is 13.8 Å². The van der Waals surface area contributed by atoms with Gasteiger partial charge in [0.25, 0.3) is 5.91 Å². The lowest BCUT2D eigenvalue weighted by atomic mass is 10.1. The lowest BCUT2D eigenvalue weighted by molar-refractivity contribution is 0.102. The van der Waals surface area contributed by atoms with Gasteiger partial charge in [-0.15, -0.1) is 0 Å². The third kappa shape index (κ3) is 2.31. The molecule has 4 N–H and O–H groups in total. The largest absolute Gasteiger partial charge is 0.383 e. The van der Waals surface area contributed by atoms with Crippen molar-refractivity contribution in [1.29, 1.82) is 0 Å². The Labute approximate surface area is 109 Å². The average molecular weight is 265 g/mol. The Kier molecular flexibility index (Phi) is 3.25. The van der Waals surface area contributed by atoms with Crippen LogP contribution in [0, 0.1) is 13.8 Å². The molecule has 18 heavy (non-hydrogen) atoms. The first kappa shape index (κ1) is 12.4. The zero-order valence-corrected chi connectivity index (χ0v) is 10.8. The van der Waals surface area contributed by atoms with Crippen LogP contribution in [-0.4, -0.2) is 16.1 Å². The zero-order chi connectivity index (χ0) is 13.3. The number of aryl methyl sites for hydroxylation is 2. The summed E-state index contributed by atoms with van der Waals surface area (Å²) < 4.78 is 0. The van der Waals surface area contributed by atoms with Gasteiger partial charge in [-0.25, -0.2) is 0 Å². The summed E-state index contributed by atoms with van der Waals surface area (Å²) in [6, 6.07) is 3.74. The van der Waals surface area contributed by atoms with E-state index in [1.807, 2.05) is 19.9 Å². The normalized spacial score (nSPS) is 10.4. The van der Waals surface area contributed by atoms with Crippen molar-refractivity contribution in [3.63, 3.8) is 0 Å². The first-order valence-electron chi connectivity index (χ1n) is 5.36. The highest BCUT2D eigenvalue weighted by atomic mass is 35.5. The summed E-state index contributed by atoms with van der Waals surface area (Å²) >= 11 is 6.11. The van der Waals surface area contributed by atoms with E-state index in [2.05, 4.69) is 15.5 Å². The van der Waals surface area contributed by atoms with Gasteiger partial charge >= 0.3 is 0 Å². The van der Waals surface area contributed by atoms with Crippen molar-refractivity contribution in [1.82, 2.24) is 10.2 Å². The van der Waals surface area contributed by atoms with Crippen LogP contribution in [0.15, 0.2) is 18.3 Å². The summed E-state index contributed by atoms with van der Waals surface area (Å²) in [6.45, 7) is 3.83. The molecule has 0 saturated carbocycles. The molecule has 1 aromatic carbocycles. The highest BCUT2D eigenvalue weighted by Gasteiger charge is 2.14. The first-order valence-corrected chi connectivity index (χ1v) is 5.73. The van der Waals surface area contributed by atoms with Gasteiger partial charge in [0.15, 0.2) is 0 Å². The molecule has 2 aromatic rings. The smallest absolute Gasteiger partial charge is 0.261 e. The molecule has 0 fully saturated rings. The Hall–Kier alpha value is -2.01. The summed E-state index contributed by atoms with van der Waals surface area (Å²) in [4.78, 5) is 12.0. The number of nitrogens with zero attached hydrogens (tertiary/aromatic N) is 1. The number of nitrogens with two attached hydrogens (primary N) is 1. The molecule has 1 heterocycles. The van der Waals surface area contributed by atoms with E-state index in [0.29, 0.717) is 16.3 Å². The molecule has 0 atom stereocenters. The SMILES string of the molecule is Cc1cc(C)c(NC(=O)c2cn[nH]c2N)c(Cl)c1. The second-order valence-electron chi connectivity index (χ2n) is 4.09. The molecule has 0 spiro atoms. The van der Waals surface area contributed by atoms with Gasteiger partial charge in [-0.3, -0.25) is 9.89 Å². The number of rotatable bonds is 2. The van der Waals surface area contributed by atoms with E-state index in [9.17, 15) is 4.79 Å². The Bertz CT molecular complexity index is 583. The molecule has 0 aliphatic carbocycles. The van der Waals surface area contributed by atoms with Gasteiger partial charge in [-0.1, -0.05) is 17.7 Å². The fourth-order valence-corrected chi connectivity index (χ4v) is 2.10. The molecule has 0 aliphatic rings. The van der Waals surface area contributed by atoms with Gasteiger partial charge < -0.3 is 11.1 Å². The van der Waals surface area contributed by atoms with Crippen molar-refractivity contribution in [3.8, 4) is 0 Å². The number of carbonyl (C=O) groups is 1. The number of aromatic nitrogens is 2. The number of hydrogen-bond acceptors (Lipinski definition) is 3. The Morgan fingerprint density at radius 1 is 1.44 bits per heavy atom. The van der Waals surface area contributed by atoms with Gasteiger partial charge in [-0.2, -0.15) is 5.10 Å². The van der Waals surface area contributed by atoms with Crippen molar-refractivity contribution < 1.29 is 4.79 Å². The monoisotopic (exact) mass is 264 g/mol. The van der Waals surface area contributed by atoms with Gasteiger partial charge in [0.2, 0.25) is 0 Å². The number of hydrogen-bond donors (Lipinski definition) is 3. The van der Waals surface area contributed by atoms with Gasteiger partial charge in [0.1, 0.15) is 11.4 Å². The van der Waals surface area contributed by atoms with Crippen LogP contribution < -0.4 is 11.1 Å². The molecule has 5 nitrogen and oxygen atoms in total. The average Bonchev–Trinajstić information content (AvgIpc) is 2.69. The lowest BCUT2D eigenvalue weighted by Crippen LogP contribution is -2.14. The molecule has 0 saturated heterocycles. The van der Waals surface area contributed by atoms with Gasteiger partial charge in [0.05, 0.1) is 16.9 Å². The summed E-state index contributed by atoms with van der Waals surface area (Å²) in [6.07, 6.45) is 1.38. The van der Waals surface area contributed by atoms with E-state index in [-0.39, 0.29) is 11.7 Å². The van der Waals surface area contributed by atoms with Crippen LogP contribution in [0.2, 0.25) is 5.02 Å². The third-order valence-corrected chi connectivity index (χ3v) is 2.88. The number of nitrogens with one attached hydrogen (secondary N) is 2. The third-order valence-electron chi connectivity index (χ3n) is 2.58. The maximum absolute atomic E-state index is 12.0. The fourth-order valence-electron chi connectivity index (χ4n) is 1.73. The van der Waals surface area contributed by atoms with Crippen LogP contribution in [0.5, 0.6) is 0 Å². The first-order chi connectivity index (χ1) is 8.49.